The fourth-order valence-corrected chi connectivity index (χ4v) is 3.38. The number of fused-ring (bicyclic) bond motifs is 1. The number of rotatable bonds is 3. The molecule has 0 aliphatic carbocycles. The van der Waals surface area contributed by atoms with Crippen molar-refractivity contribution in [2.45, 2.75) is 6.42 Å². The van der Waals surface area contributed by atoms with Gasteiger partial charge in [-0.1, -0.05) is 31.9 Å². The first-order valence-electron chi connectivity index (χ1n) is 5.53. The maximum Gasteiger partial charge on any atom is 0.193 e. The number of Topliss-reactive ketones (excluding diaryl/α,β-unsaturated/α-hetero) is 1. The van der Waals surface area contributed by atoms with Crippen LogP contribution in [0.2, 0.25) is 0 Å². The Hall–Kier alpha value is -0.980. The summed E-state index contributed by atoms with van der Waals surface area (Å²) in [7, 11) is 0. The Morgan fingerprint density at radius 3 is 3.00 bits per heavy atom. The van der Waals surface area contributed by atoms with Crippen molar-refractivity contribution in [3.8, 4) is 0 Å². The van der Waals surface area contributed by atoms with Gasteiger partial charge in [0.25, 0.3) is 0 Å². The largest absolute Gasteiger partial charge is 0.297 e. The van der Waals surface area contributed by atoms with Crippen LogP contribution in [0.5, 0.6) is 0 Å². The Morgan fingerprint density at radius 2 is 2.21 bits per heavy atom. The number of ketones is 1. The quantitative estimate of drug-likeness (QED) is 0.613. The zero-order valence-electron chi connectivity index (χ0n) is 9.64. The molecule has 0 radical (unpaired) electrons. The molecule has 0 saturated carbocycles. The number of imidazole rings is 1. The second-order valence-electron chi connectivity index (χ2n) is 4.05. The standard InChI is InChI=1S/C13H8Br2N2OS/c14-8-1-2-11(15)10(5-8)12(18)6-9-7-17-3-4-19-13(17)16-9/h1-5,7H,6H2. The van der Waals surface area contributed by atoms with Gasteiger partial charge < -0.3 is 0 Å². The van der Waals surface area contributed by atoms with Crippen molar-refractivity contribution >= 4 is 53.9 Å². The molecule has 2 heterocycles. The van der Waals surface area contributed by atoms with Gasteiger partial charge in [0, 0.05) is 32.3 Å². The number of nitrogens with zero attached hydrogens (tertiary/aromatic N) is 2. The lowest BCUT2D eigenvalue weighted by molar-refractivity contribution is 0.0991. The first-order chi connectivity index (χ1) is 9.13. The fraction of sp³-hybridized carbons (Fsp3) is 0.0769. The second-order valence-corrected chi connectivity index (χ2v) is 6.69. The van der Waals surface area contributed by atoms with Crippen molar-refractivity contribution in [3.05, 3.63) is 56.2 Å². The summed E-state index contributed by atoms with van der Waals surface area (Å²) in [5.74, 6) is 0.0546. The number of hydrogen-bond donors (Lipinski definition) is 0. The van der Waals surface area contributed by atoms with E-state index in [2.05, 4.69) is 36.8 Å². The summed E-state index contributed by atoms with van der Waals surface area (Å²) in [4.78, 5) is 17.6. The van der Waals surface area contributed by atoms with Crippen molar-refractivity contribution in [1.82, 2.24) is 9.38 Å². The highest BCUT2D eigenvalue weighted by molar-refractivity contribution is 9.11. The summed E-state index contributed by atoms with van der Waals surface area (Å²) < 4.78 is 3.63. The van der Waals surface area contributed by atoms with Gasteiger partial charge in [-0.15, -0.1) is 11.3 Å². The molecule has 1 aromatic carbocycles. The van der Waals surface area contributed by atoms with Gasteiger partial charge in [-0.05, 0) is 18.2 Å². The van der Waals surface area contributed by atoms with E-state index in [1.54, 1.807) is 11.3 Å². The first kappa shape index (κ1) is 13.0. The Balaban J connectivity index is 1.88. The summed E-state index contributed by atoms with van der Waals surface area (Å²) >= 11 is 8.35. The lowest BCUT2D eigenvalue weighted by Crippen LogP contribution is -2.04. The molecular weight excluding hydrogens is 392 g/mol. The normalized spacial score (nSPS) is 11.1. The zero-order valence-corrected chi connectivity index (χ0v) is 13.6. The number of carbonyl (C=O) groups excluding carboxylic acids is 1. The van der Waals surface area contributed by atoms with E-state index in [1.165, 1.54) is 0 Å². The number of halogens is 2. The molecule has 0 amide bonds. The highest BCUT2D eigenvalue weighted by atomic mass is 79.9. The van der Waals surface area contributed by atoms with Crippen molar-refractivity contribution in [2.24, 2.45) is 0 Å². The lowest BCUT2D eigenvalue weighted by Gasteiger charge is -2.03. The molecule has 0 spiro atoms. The molecule has 2 aromatic heterocycles. The van der Waals surface area contributed by atoms with Crippen LogP contribution in [0, 0.1) is 0 Å². The Morgan fingerprint density at radius 1 is 1.37 bits per heavy atom. The van der Waals surface area contributed by atoms with Crippen LogP contribution in [0.4, 0.5) is 0 Å². The van der Waals surface area contributed by atoms with E-state index in [-0.39, 0.29) is 5.78 Å². The van der Waals surface area contributed by atoms with E-state index in [9.17, 15) is 4.79 Å². The molecule has 0 N–H and O–H groups in total. The van der Waals surface area contributed by atoms with Crippen LogP contribution < -0.4 is 0 Å². The Kier molecular flexibility index (Phi) is 3.56. The van der Waals surface area contributed by atoms with E-state index in [4.69, 9.17) is 0 Å². The molecule has 96 valence electrons. The zero-order chi connectivity index (χ0) is 13.4. The second kappa shape index (κ2) is 5.19. The van der Waals surface area contributed by atoms with Gasteiger partial charge in [-0.25, -0.2) is 4.98 Å². The van der Waals surface area contributed by atoms with Gasteiger partial charge in [0.05, 0.1) is 12.1 Å². The maximum atomic E-state index is 12.3. The van der Waals surface area contributed by atoms with Gasteiger partial charge in [-0.3, -0.25) is 9.20 Å². The van der Waals surface area contributed by atoms with Gasteiger partial charge in [0.2, 0.25) is 0 Å². The minimum atomic E-state index is 0.0546. The molecule has 0 fully saturated rings. The SMILES string of the molecule is O=C(Cc1cn2ccsc2n1)c1cc(Br)ccc1Br. The third-order valence-electron chi connectivity index (χ3n) is 2.71. The number of carbonyl (C=O) groups is 1. The summed E-state index contributed by atoms with van der Waals surface area (Å²) in [5.41, 5.74) is 1.47. The highest BCUT2D eigenvalue weighted by Crippen LogP contribution is 2.23. The van der Waals surface area contributed by atoms with E-state index >= 15 is 0 Å². The molecule has 0 unspecified atom stereocenters. The molecule has 6 heteroatoms. The smallest absolute Gasteiger partial charge is 0.193 e. The van der Waals surface area contributed by atoms with Crippen LogP contribution in [0.15, 0.2) is 44.9 Å². The molecule has 3 nitrogen and oxygen atoms in total. The van der Waals surface area contributed by atoms with Gasteiger partial charge >= 0.3 is 0 Å². The summed E-state index contributed by atoms with van der Waals surface area (Å²) in [6.07, 6.45) is 4.15. The van der Waals surface area contributed by atoms with E-state index < -0.39 is 0 Å². The number of hydrogen-bond acceptors (Lipinski definition) is 3. The molecule has 19 heavy (non-hydrogen) atoms. The lowest BCUT2D eigenvalue weighted by atomic mass is 10.1. The van der Waals surface area contributed by atoms with Crippen LogP contribution in [-0.2, 0) is 6.42 Å². The summed E-state index contributed by atoms with van der Waals surface area (Å²) in [6, 6.07) is 5.58. The van der Waals surface area contributed by atoms with E-state index in [0.29, 0.717) is 12.0 Å². The molecule has 3 rings (SSSR count). The number of benzene rings is 1. The predicted octanol–water partition coefficient (Wildman–Crippen LogP) is 4.35. The minimum absolute atomic E-state index is 0.0546. The Bertz CT molecular complexity index is 734. The number of aromatic nitrogens is 2. The van der Waals surface area contributed by atoms with E-state index in [1.807, 2.05) is 40.4 Å². The van der Waals surface area contributed by atoms with E-state index in [0.717, 1.165) is 19.6 Å². The van der Waals surface area contributed by atoms with Crippen molar-refractivity contribution in [1.29, 1.82) is 0 Å². The third kappa shape index (κ3) is 2.66. The van der Waals surface area contributed by atoms with Gasteiger partial charge in [0.15, 0.2) is 10.7 Å². The van der Waals surface area contributed by atoms with Gasteiger partial charge in [-0.2, -0.15) is 0 Å². The molecule has 0 atom stereocenters. The molecule has 0 saturated heterocycles. The molecule has 3 aromatic rings. The number of thiazole rings is 1. The molecule has 0 aliphatic rings. The van der Waals surface area contributed by atoms with Crippen molar-refractivity contribution in [3.63, 3.8) is 0 Å². The molecule has 0 bridgehead atoms. The van der Waals surface area contributed by atoms with Crippen LogP contribution in [0.25, 0.3) is 4.96 Å². The summed E-state index contributed by atoms with van der Waals surface area (Å²) in [5, 5.41) is 1.97. The molecule has 0 aliphatic heterocycles. The predicted molar refractivity (Wildman–Crippen MR) is 82.9 cm³/mol. The highest BCUT2D eigenvalue weighted by Gasteiger charge is 2.13. The topological polar surface area (TPSA) is 34.4 Å². The van der Waals surface area contributed by atoms with Crippen LogP contribution >= 0.6 is 43.2 Å². The first-order valence-corrected chi connectivity index (χ1v) is 7.99. The maximum absolute atomic E-state index is 12.3. The van der Waals surface area contributed by atoms with Crippen LogP contribution in [0.1, 0.15) is 16.1 Å². The van der Waals surface area contributed by atoms with Crippen LogP contribution in [0.3, 0.4) is 0 Å². The Labute approximate surface area is 130 Å². The average molecular weight is 400 g/mol. The van der Waals surface area contributed by atoms with Crippen molar-refractivity contribution < 1.29 is 4.79 Å². The van der Waals surface area contributed by atoms with Crippen LogP contribution in [-0.4, -0.2) is 15.2 Å². The minimum Gasteiger partial charge on any atom is -0.297 e. The summed E-state index contributed by atoms with van der Waals surface area (Å²) in [6.45, 7) is 0. The average Bonchev–Trinajstić information content (AvgIpc) is 2.92. The fourth-order valence-electron chi connectivity index (χ4n) is 1.83. The third-order valence-corrected chi connectivity index (χ3v) is 4.67. The van der Waals surface area contributed by atoms with Crippen molar-refractivity contribution in [2.75, 3.05) is 0 Å². The monoisotopic (exact) mass is 398 g/mol. The molecular formula is C13H8Br2N2OS. The van der Waals surface area contributed by atoms with Gasteiger partial charge in [0.1, 0.15) is 0 Å².